The van der Waals surface area contributed by atoms with Gasteiger partial charge in [0.1, 0.15) is 5.01 Å². The molecule has 0 saturated heterocycles. The molecule has 0 radical (unpaired) electrons. The lowest BCUT2D eigenvalue weighted by atomic mass is 10.3. The molecule has 0 bridgehead atoms. The van der Waals surface area contributed by atoms with Gasteiger partial charge >= 0.3 is 0 Å². The van der Waals surface area contributed by atoms with Crippen LogP contribution in [0.2, 0.25) is 0 Å². The van der Waals surface area contributed by atoms with E-state index in [-0.39, 0.29) is 12.6 Å². The minimum absolute atomic E-state index is 0.175. The lowest BCUT2D eigenvalue weighted by Crippen LogP contribution is -2.18. The number of thiazole rings is 1. The van der Waals surface area contributed by atoms with Crippen LogP contribution < -0.4 is 5.32 Å². The van der Waals surface area contributed by atoms with E-state index in [1.807, 2.05) is 12.4 Å². The second-order valence-electron chi connectivity index (χ2n) is 4.67. The molecule has 110 valence electrons. The fraction of sp³-hybridized carbons (Fsp3) is 0.615. The van der Waals surface area contributed by atoms with Crippen molar-refractivity contribution >= 4 is 11.3 Å². The molecule has 0 aliphatic heterocycles. The van der Waals surface area contributed by atoms with Crippen molar-refractivity contribution in [1.29, 1.82) is 0 Å². The number of aryl methyl sites for hydroxylation is 2. The molecule has 7 heteroatoms. The highest BCUT2D eigenvalue weighted by Crippen LogP contribution is 2.20. The number of aliphatic hydroxyl groups excluding tert-OH is 1. The van der Waals surface area contributed by atoms with Gasteiger partial charge in [0.25, 0.3) is 0 Å². The fourth-order valence-electron chi connectivity index (χ4n) is 1.79. The molecular weight excluding hydrogens is 274 g/mol. The fourth-order valence-corrected chi connectivity index (χ4v) is 2.68. The first-order chi connectivity index (χ1) is 9.72. The molecule has 6 nitrogen and oxygen atoms in total. The first kappa shape index (κ1) is 15.1. The molecule has 2 N–H and O–H groups in total. The van der Waals surface area contributed by atoms with Crippen LogP contribution in [0.1, 0.15) is 41.9 Å². The summed E-state index contributed by atoms with van der Waals surface area (Å²) in [5, 5.41) is 21.4. The number of nitrogens with one attached hydrogen (secondary N) is 1. The van der Waals surface area contributed by atoms with Crippen LogP contribution in [0.15, 0.2) is 12.4 Å². The minimum Gasteiger partial charge on any atom is -0.396 e. The molecule has 2 aromatic heterocycles. The summed E-state index contributed by atoms with van der Waals surface area (Å²) in [7, 11) is 0. The van der Waals surface area contributed by atoms with Gasteiger partial charge in [-0.15, -0.1) is 16.4 Å². The quantitative estimate of drug-likeness (QED) is 0.772. The third kappa shape index (κ3) is 4.09. The lowest BCUT2D eigenvalue weighted by molar-refractivity contribution is 0.276. The molecule has 0 aliphatic rings. The predicted molar refractivity (Wildman–Crippen MR) is 78.5 cm³/mol. The SMILES string of the molecule is CCc1cnc(C(C)NCc2cn(CCCO)nn2)s1. The Kier molecular flexibility index (Phi) is 5.63. The van der Waals surface area contributed by atoms with Crippen molar-refractivity contribution in [2.45, 2.75) is 45.8 Å². The van der Waals surface area contributed by atoms with E-state index in [2.05, 4.69) is 34.5 Å². The zero-order chi connectivity index (χ0) is 14.4. The van der Waals surface area contributed by atoms with Crippen LogP contribution in [-0.2, 0) is 19.5 Å². The van der Waals surface area contributed by atoms with Crippen molar-refractivity contribution in [1.82, 2.24) is 25.3 Å². The van der Waals surface area contributed by atoms with Gasteiger partial charge < -0.3 is 10.4 Å². The number of hydrogen-bond donors (Lipinski definition) is 2. The van der Waals surface area contributed by atoms with E-state index >= 15 is 0 Å². The van der Waals surface area contributed by atoms with Crippen molar-refractivity contribution in [2.75, 3.05) is 6.61 Å². The molecule has 20 heavy (non-hydrogen) atoms. The van der Waals surface area contributed by atoms with E-state index < -0.39 is 0 Å². The first-order valence-corrected chi connectivity index (χ1v) is 7.72. The number of nitrogens with zero attached hydrogens (tertiary/aromatic N) is 4. The summed E-state index contributed by atoms with van der Waals surface area (Å²) in [5.74, 6) is 0. The van der Waals surface area contributed by atoms with Crippen LogP contribution in [0.5, 0.6) is 0 Å². The number of hydrogen-bond acceptors (Lipinski definition) is 6. The highest BCUT2D eigenvalue weighted by atomic mass is 32.1. The summed E-state index contributed by atoms with van der Waals surface area (Å²) in [5.41, 5.74) is 0.905. The molecular formula is C13H21N5OS. The first-order valence-electron chi connectivity index (χ1n) is 6.90. The third-order valence-corrected chi connectivity index (χ3v) is 4.34. The van der Waals surface area contributed by atoms with Gasteiger partial charge in [-0.25, -0.2) is 4.98 Å². The van der Waals surface area contributed by atoms with Gasteiger partial charge in [-0.1, -0.05) is 12.1 Å². The monoisotopic (exact) mass is 295 g/mol. The van der Waals surface area contributed by atoms with Crippen LogP contribution in [0.25, 0.3) is 0 Å². The number of aromatic nitrogens is 4. The largest absolute Gasteiger partial charge is 0.396 e. The highest BCUT2D eigenvalue weighted by molar-refractivity contribution is 7.11. The molecule has 0 saturated carbocycles. The molecule has 0 aliphatic carbocycles. The number of rotatable bonds is 8. The molecule has 0 fully saturated rings. The molecule has 2 rings (SSSR count). The Morgan fingerprint density at radius 3 is 3.05 bits per heavy atom. The Morgan fingerprint density at radius 2 is 2.35 bits per heavy atom. The van der Waals surface area contributed by atoms with Gasteiger partial charge in [0, 0.05) is 37.0 Å². The summed E-state index contributed by atoms with van der Waals surface area (Å²) < 4.78 is 1.76. The van der Waals surface area contributed by atoms with E-state index in [9.17, 15) is 0 Å². The molecule has 0 spiro atoms. The standard InChI is InChI=1S/C13H21N5OS/c1-3-12-8-15-13(20-12)10(2)14-7-11-9-18(17-16-11)5-4-6-19/h8-10,14,19H,3-7H2,1-2H3. The van der Waals surface area contributed by atoms with Crippen molar-refractivity contribution in [3.8, 4) is 0 Å². The van der Waals surface area contributed by atoms with Gasteiger partial charge in [0.15, 0.2) is 0 Å². The molecule has 0 aromatic carbocycles. The smallest absolute Gasteiger partial charge is 0.109 e. The van der Waals surface area contributed by atoms with Crippen molar-refractivity contribution in [2.24, 2.45) is 0 Å². The summed E-state index contributed by atoms with van der Waals surface area (Å²) in [6, 6.07) is 0.211. The van der Waals surface area contributed by atoms with E-state index in [1.54, 1.807) is 16.0 Å². The maximum atomic E-state index is 8.78. The van der Waals surface area contributed by atoms with Crippen LogP contribution in [0.4, 0.5) is 0 Å². The maximum absolute atomic E-state index is 8.78. The molecule has 1 unspecified atom stereocenters. The summed E-state index contributed by atoms with van der Waals surface area (Å²) in [4.78, 5) is 5.74. The Bertz CT molecular complexity index is 524. The van der Waals surface area contributed by atoms with Gasteiger partial charge in [0.2, 0.25) is 0 Å². The van der Waals surface area contributed by atoms with Crippen molar-refractivity contribution in [3.05, 3.63) is 28.0 Å². The number of aliphatic hydroxyl groups is 1. The van der Waals surface area contributed by atoms with E-state index in [1.165, 1.54) is 4.88 Å². The van der Waals surface area contributed by atoms with Gasteiger partial charge in [-0.3, -0.25) is 4.68 Å². The Hall–Kier alpha value is -1.31. The second-order valence-corrected chi connectivity index (χ2v) is 5.82. The molecule has 2 aromatic rings. The van der Waals surface area contributed by atoms with Gasteiger partial charge in [-0.2, -0.15) is 0 Å². The highest BCUT2D eigenvalue weighted by Gasteiger charge is 2.10. The topological polar surface area (TPSA) is 75.9 Å². The zero-order valence-corrected chi connectivity index (χ0v) is 12.7. The average molecular weight is 295 g/mol. The van der Waals surface area contributed by atoms with Crippen molar-refractivity contribution in [3.63, 3.8) is 0 Å². The molecule has 1 atom stereocenters. The zero-order valence-electron chi connectivity index (χ0n) is 11.9. The molecule has 0 amide bonds. The van der Waals surface area contributed by atoms with Crippen LogP contribution in [0, 0.1) is 0 Å². The predicted octanol–water partition coefficient (Wildman–Crippen LogP) is 1.53. The van der Waals surface area contributed by atoms with Gasteiger partial charge in [-0.05, 0) is 19.8 Å². The minimum atomic E-state index is 0.175. The Morgan fingerprint density at radius 1 is 1.50 bits per heavy atom. The Balaban J connectivity index is 1.83. The van der Waals surface area contributed by atoms with Crippen LogP contribution in [0.3, 0.4) is 0 Å². The summed E-state index contributed by atoms with van der Waals surface area (Å²) in [6.07, 6.45) is 5.59. The van der Waals surface area contributed by atoms with Crippen molar-refractivity contribution < 1.29 is 5.11 Å². The lowest BCUT2D eigenvalue weighted by Gasteiger charge is -2.08. The third-order valence-electron chi connectivity index (χ3n) is 3.01. The summed E-state index contributed by atoms with van der Waals surface area (Å²) >= 11 is 1.75. The van der Waals surface area contributed by atoms with Crippen LogP contribution in [-0.4, -0.2) is 31.7 Å². The van der Waals surface area contributed by atoms with E-state index in [0.717, 1.165) is 17.1 Å². The van der Waals surface area contributed by atoms with E-state index in [0.29, 0.717) is 19.5 Å². The maximum Gasteiger partial charge on any atom is 0.109 e. The molecule has 2 heterocycles. The normalized spacial score (nSPS) is 12.8. The van der Waals surface area contributed by atoms with Crippen LogP contribution >= 0.6 is 11.3 Å². The van der Waals surface area contributed by atoms with Gasteiger partial charge in [0.05, 0.1) is 11.7 Å². The Labute approximate surface area is 122 Å². The summed E-state index contributed by atoms with van der Waals surface area (Å²) in [6.45, 7) is 5.79. The second kappa shape index (κ2) is 7.47. The average Bonchev–Trinajstić information content (AvgIpc) is 3.11. The van der Waals surface area contributed by atoms with E-state index in [4.69, 9.17) is 5.11 Å².